The predicted molar refractivity (Wildman–Crippen MR) is 39.8 cm³/mol. The summed E-state index contributed by atoms with van der Waals surface area (Å²) < 4.78 is 39.4. The van der Waals surface area contributed by atoms with Crippen LogP contribution in [-0.2, 0) is 4.74 Å². The Bertz CT molecular complexity index is 116. The van der Waals surface area contributed by atoms with E-state index in [2.05, 4.69) is 4.74 Å². The Kier molecular flexibility index (Phi) is 5.24. The third-order valence-corrected chi connectivity index (χ3v) is 1.36. The molecule has 0 aromatic rings. The fourth-order valence-electron chi connectivity index (χ4n) is 0.804. The lowest BCUT2D eigenvalue weighted by atomic mass is 10.2. The summed E-state index contributed by atoms with van der Waals surface area (Å²) >= 11 is 0. The van der Waals surface area contributed by atoms with Gasteiger partial charge in [-0.1, -0.05) is 13.3 Å². The van der Waals surface area contributed by atoms with Gasteiger partial charge in [-0.2, -0.15) is 13.2 Å². The minimum Gasteiger partial charge on any atom is -0.367 e. The Labute approximate surface area is 69.9 Å². The second kappa shape index (κ2) is 5.37. The van der Waals surface area contributed by atoms with Crippen molar-refractivity contribution >= 4 is 0 Å². The fourth-order valence-corrected chi connectivity index (χ4v) is 0.804. The van der Waals surface area contributed by atoms with Crippen LogP contribution in [0.1, 0.15) is 19.8 Å². The van der Waals surface area contributed by atoms with E-state index in [1.807, 2.05) is 6.92 Å². The molecule has 0 rings (SSSR count). The zero-order chi connectivity index (χ0) is 9.61. The first-order valence-corrected chi connectivity index (χ1v) is 3.88. The summed E-state index contributed by atoms with van der Waals surface area (Å²) in [6.07, 6.45) is -3.36. The summed E-state index contributed by atoms with van der Waals surface area (Å²) in [4.78, 5) is 0. The standard InChI is InChI=1S/C7H14F3NO/c1-2-3-6(4-11)12-5-7(8,9)10/h6H,2-5,11H2,1H3. The van der Waals surface area contributed by atoms with Crippen LogP contribution in [0.2, 0.25) is 0 Å². The molecule has 74 valence electrons. The van der Waals surface area contributed by atoms with Gasteiger partial charge in [-0.25, -0.2) is 0 Å². The first kappa shape index (κ1) is 11.7. The second-order valence-electron chi connectivity index (χ2n) is 2.57. The van der Waals surface area contributed by atoms with Crippen LogP contribution in [0.3, 0.4) is 0 Å². The van der Waals surface area contributed by atoms with Crippen LogP contribution in [0.15, 0.2) is 0 Å². The maximum atomic E-state index is 11.6. The van der Waals surface area contributed by atoms with E-state index in [4.69, 9.17) is 5.73 Å². The molecule has 2 N–H and O–H groups in total. The highest BCUT2D eigenvalue weighted by atomic mass is 19.4. The van der Waals surface area contributed by atoms with Crippen LogP contribution >= 0.6 is 0 Å². The monoisotopic (exact) mass is 185 g/mol. The summed E-state index contributed by atoms with van der Waals surface area (Å²) in [5, 5.41) is 0. The Morgan fingerprint density at radius 1 is 1.42 bits per heavy atom. The molecule has 5 heteroatoms. The molecule has 0 fully saturated rings. The summed E-state index contributed by atoms with van der Waals surface area (Å²) in [5.74, 6) is 0. The predicted octanol–water partition coefficient (Wildman–Crippen LogP) is 1.69. The quantitative estimate of drug-likeness (QED) is 0.707. The third-order valence-electron chi connectivity index (χ3n) is 1.36. The van der Waals surface area contributed by atoms with Gasteiger partial charge in [-0.15, -0.1) is 0 Å². The van der Waals surface area contributed by atoms with Crippen molar-refractivity contribution in [1.29, 1.82) is 0 Å². The molecular weight excluding hydrogens is 171 g/mol. The number of halogens is 3. The number of rotatable bonds is 5. The molecule has 0 amide bonds. The van der Waals surface area contributed by atoms with E-state index >= 15 is 0 Å². The van der Waals surface area contributed by atoms with Crippen molar-refractivity contribution in [3.8, 4) is 0 Å². The van der Waals surface area contributed by atoms with Crippen LogP contribution in [0.4, 0.5) is 13.2 Å². The molecule has 0 aliphatic rings. The molecule has 0 spiro atoms. The molecule has 0 saturated carbocycles. The normalized spacial score (nSPS) is 14.8. The zero-order valence-corrected chi connectivity index (χ0v) is 7.03. The van der Waals surface area contributed by atoms with Gasteiger partial charge in [-0.3, -0.25) is 0 Å². The number of ether oxygens (including phenoxy) is 1. The molecule has 0 aromatic carbocycles. The maximum Gasteiger partial charge on any atom is 0.411 e. The summed E-state index contributed by atoms with van der Waals surface area (Å²) in [5.41, 5.74) is 5.20. The number of hydrogen-bond acceptors (Lipinski definition) is 2. The second-order valence-corrected chi connectivity index (χ2v) is 2.57. The van der Waals surface area contributed by atoms with Gasteiger partial charge >= 0.3 is 6.18 Å². The van der Waals surface area contributed by atoms with Gasteiger partial charge in [0.1, 0.15) is 6.61 Å². The van der Waals surface area contributed by atoms with Gasteiger partial charge < -0.3 is 10.5 Å². The highest BCUT2D eigenvalue weighted by molar-refractivity contribution is 4.59. The van der Waals surface area contributed by atoms with Gasteiger partial charge in [0.25, 0.3) is 0 Å². The van der Waals surface area contributed by atoms with Crippen LogP contribution in [-0.4, -0.2) is 25.4 Å². The molecule has 0 heterocycles. The van der Waals surface area contributed by atoms with Crippen molar-refractivity contribution in [2.45, 2.75) is 32.0 Å². The third kappa shape index (κ3) is 6.42. The van der Waals surface area contributed by atoms with Gasteiger partial charge in [0, 0.05) is 6.54 Å². The van der Waals surface area contributed by atoms with E-state index in [0.717, 1.165) is 6.42 Å². The van der Waals surface area contributed by atoms with Crippen LogP contribution in [0.25, 0.3) is 0 Å². The fraction of sp³-hybridized carbons (Fsp3) is 1.00. The number of nitrogens with two attached hydrogens (primary N) is 1. The minimum absolute atomic E-state index is 0.143. The van der Waals surface area contributed by atoms with E-state index in [9.17, 15) is 13.2 Å². The molecule has 0 aliphatic carbocycles. The molecule has 1 unspecified atom stereocenters. The molecule has 0 bridgehead atoms. The highest BCUT2D eigenvalue weighted by Crippen LogP contribution is 2.16. The van der Waals surface area contributed by atoms with Crippen LogP contribution < -0.4 is 5.73 Å². The van der Waals surface area contributed by atoms with Crippen molar-refractivity contribution in [3.05, 3.63) is 0 Å². The van der Waals surface area contributed by atoms with Crippen LogP contribution in [0.5, 0.6) is 0 Å². The molecule has 0 saturated heterocycles. The summed E-state index contributed by atoms with van der Waals surface area (Å²) in [7, 11) is 0. The van der Waals surface area contributed by atoms with Crippen LogP contribution in [0, 0.1) is 0 Å². The Hall–Kier alpha value is -0.290. The molecule has 2 nitrogen and oxygen atoms in total. The molecular formula is C7H14F3NO. The van der Waals surface area contributed by atoms with Gasteiger partial charge in [-0.05, 0) is 6.42 Å². The Balaban J connectivity index is 3.58. The van der Waals surface area contributed by atoms with Crippen molar-refractivity contribution in [3.63, 3.8) is 0 Å². The summed E-state index contributed by atoms with van der Waals surface area (Å²) in [6.45, 7) is 0.818. The average molecular weight is 185 g/mol. The Morgan fingerprint density at radius 2 is 2.00 bits per heavy atom. The van der Waals surface area contributed by atoms with E-state index in [1.54, 1.807) is 0 Å². The Morgan fingerprint density at radius 3 is 2.33 bits per heavy atom. The van der Waals surface area contributed by atoms with Crippen molar-refractivity contribution in [1.82, 2.24) is 0 Å². The minimum atomic E-state index is -4.25. The average Bonchev–Trinajstić information content (AvgIpc) is 1.96. The molecule has 0 aliphatic heterocycles. The van der Waals surface area contributed by atoms with Crippen molar-refractivity contribution in [2.24, 2.45) is 5.73 Å². The lowest BCUT2D eigenvalue weighted by Crippen LogP contribution is -2.28. The first-order chi connectivity index (χ1) is 5.49. The molecule has 12 heavy (non-hydrogen) atoms. The largest absolute Gasteiger partial charge is 0.411 e. The summed E-state index contributed by atoms with van der Waals surface area (Å²) in [6, 6.07) is 0. The van der Waals surface area contributed by atoms with E-state index in [1.165, 1.54) is 0 Å². The van der Waals surface area contributed by atoms with Crippen molar-refractivity contribution < 1.29 is 17.9 Å². The number of hydrogen-bond donors (Lipinski definition) is 1. The topological polar surface area (TPSA) is 35.2 Å². The lowest BCUT2D eigenvalue weighted by molar-refractivity contribution is -0.184. The maximum absolute atomic E-state index is 11.6. The van der Waals surface area contributed by atoms with Gasteiger partial charge in [0.05, 0.1) is 6.10 Å². The SMILES string of the molecule is CCCC(CN)OCC(F)(F)F. The van der Waals surface area contributed by atoms with E-state index in [-0.39, 0.29) is 6.54 Å². The van der Waals surface area contributed by atoms with Gasteiger partial charge in [0.15, 0.2) is 0 Å². The highest BCUT2D eigenvalue weighted by Gasteiger charge is 2.28. The van der Waals surface area contributed by atoms with Crippen molar-refractivity contribution in [2.75, 3.05) is 13.2 Å². The van der Waals surface area contributed by atoms with E-state index in [0.29, 0.717) is 6.42 Å². The molecule has 1 atom stereocenters. The number of alkyl halides is 3. The molecule has 0 aromatic heterocycles. The van der Waals surface area contributed by atoms with Gasteiger partial charge in [0.2, 0.25) is 0 Å². The first-order valence-electron chi connectivity index (χ1n) is 3.88. The lowest BCUT2D eigenvalue weighted by Gasteiger charge is -2.16. The smallest absolute Gasteiger partial charge is 0.367 e. The zero-order valence-electron chi connectivity index (χ0n) is 7.03. The van der Waals surface area contributed by atoms with E-state index < -0.39 is 18.9 Å². The molecule has 0 radical (unpaired) electrons.